The van der Waals surface area contributed by atoms with E-state index >= 15 is 0 Å². The smallest absolute Gasteiger partial charge is 0.167 e. The minimum atomic E-state index is 0.119. The van der Waals surface area contributed by atoms with Crippen LogP contribution in [0.25, 0.3) is 61.1 Å². The lowest BCUT2D eigenvalue weighted by Gasteiger charge is -2.20. The zero-order valence-electron chi connectivity index (χ0n) is 31.1. The molecule has 6 aromatic rings. The van der Waals surface area contributed by atoms with Gasteiger partial charge in [0.05, 0.1) is 11.5 Å². The number of hydrogen-bond acceptors (Lipinski definition) is 4. The van der Waals surface area contributed by atoms with Crippen LogP contribution in [0.2, 0.25) is 0 Å². The average molecular weight is 712 g/mol. The van der Waals surface area contributed by atoms with E-state index in [1.54, 1.807) is 0 Å². The standard InChI is InChI=1S/C51H41N3O/c1-3-18-39(35-21-10-6-11-22-35)38(4-2)49-52-50(54-51(53-49)46-29-17-28-44-43-27-12-7-13-30-47(43)55-48(44)46)45-32-31-40(41-25-14-15-26-42(41)45)37-24-16-23-36(33-37)34-19-8-5-9-20-34/h3,5-6,8-27,29-33,44H,4,7,28H2,1-2H3/b18-3-,39-38-. The van der Waals surface area contributed by atoms with Gasteiger partial charge in [-0.2, -0.15) is 0 Å². The maximum Gasteiger partial charge on any atom is 0.167 e. The molecule has 0 amide bonds. The van der Waals surface area contributed by atoms with Gasteiger partial charge in [-0.1, -0.05) is 159 Å². The molecule has 0 spiro atoms. The molecule has 1 unspecified atom stereocenters. The SMILES string of the molecule is C/C=C\C(=C(/CC)c1nc(C2=C3OC4=C(C=CCC=C4)C3CC=C2)nc(-c2ccc(-c3cccc(-c4ccccc4)c3)c3ccccc23)n1)c1ccccc1. The van der Waals surface area contributed by atoms with Crippen LogP contribution in [0.4, 0.5) is 0 Å². The van der Waals surface area contributed by atoms with Gasteiger partial charge >= 0.3 is 0 Å². The molecule has 1 aromatic heterocycles. The van der Waals surface area contributed by atoms with E-state index in [-0.39, 0.29) is 5.92 Å². The third-order valence-corrected chi connectivity index (χ3v) is 10.6. The summed E-state index contributed by atoms with van der Waals surface area (Å²) in [4.78, 5) is 16.0. The van der Waals surface area contributed by atoms with Crippen molar-refractivity contribution >= 4 is 27.5 Å². The van der Waals surface area contributed by atoms with Crippen LogP contribution in [-0.4, -0.2) is 15.0 Å². The Morgan fingerprint density at radius 3 is 2.16 bits per heavy atom. The van der Waals surface area contributed by atoms with Gasteiger partial charge in [-0.15, -0.1) is 0 Å². The minimum Gasteiger partial charge on any atom is -0.460 e. The van der Waals surface area contributed by atoms with Crippen LogP contribution in [0.5, 0.6) is 0 Å². The summed E-state index contributed by atoms with van der Waals surface area (Å²) in [6, 6.07) is 42.8. The van der Waals surface area contributed by atoms with Gasteiger partial charge < -0.3 is 4.74 Å². The van der Waals surface area contributed by atoms with Crippen molar-refractivity contribution in [3.05, 3.63) is 204 Å². The summed E-state index contributed by atoms with van der Waals surface area (Å²) >= 11 is 0. The van der Waals surface area contributed by atoms with E-state index in [0.29, 0.717) is 17.5 Å². The second kappa shape index (κ2) is 15.0. The highest BCUT2D eigenvalue weighted by Crippen LogP contribution is 2.45. The fourth-order valence-corrected chi connectivity index (χ4v) is 8.02. The summed E-state index contributed by atoms with van der Waals surface area (Å²) < 4.78 is 6.67. The van der Waals surface area contributed by atoms with E-state index in [1.807, 2.05) is 0 Å². The van der Waals surface area contributed by atoms with Crippen LogP contribution in [0.15, 0.2) is 187 Å². The molecule has 2 heterocycles. The molecule has 0 saturated carbocycles. The average Bonchev–Trinajstić information content (AvgIpc) is 3.44. The molecule has 0 saturated heterocycles. The van der Waals surface area contributed by atoms with Crippen molar-refractivity contribution in [2.75, 3.05) is 0 Å². The first kappa shape index (κ1) is 34.1. The molecule has 55 heavy (non-hydrogen) atoms. The quantitative estimate of drug-likeness (QED) is 0.148. The monoisotopic (exact) mass is 711 g/mol. The third kappa shape index (κ3) is 6.51. The first-order valence-corrected chi connectivity index (χ1v) is 19.2. The zero-order chi connectivity index (χ0) is 37.1. The minimum absolute atomic E-state index is 0.119. The van der Waals surface area contributed by atoms with Crippen LogP contribution in [0.3, 0.4) is 0 Å². The van der Waals surface area contributed by atoms with Crippen LogP contribution in [-0.2, 0) is 4.74 Å². The van der Waals surface area contributed by atoms with E-state index in [4.69, 9.17) is 19.7 Å². The van der Waals surface area contributed by atoms with Crippen LogP contribution in [0, 0.1) is 5.92 Å². The third-order valence-electron chi connectivity index (χ3n) is 10.6. The Morgan fingerprint density at radius 1 is 0.673 bits per heavy atom. The highest BCUT2D eigenvalue weighted by molar-refractivity contribution is 6.04. The molecule has 0 fully saturated rings. The molecule has 0 N–H and O–H groups in total. The Morgan fingerprint density at radius 2 is 1.36 bits per heavy atom. The molecule has 1 atom stereocenters. The first-order valence-electron chi connectivity index (χ1n) is 19.2. The van der Waals surface area contributed by atoms with Crippen molar-refractivity contribution in [2.24, 2.45) is 5.92 Å². The van der Waals surface area contributed by atoms with E-state index in [9.17, 15) is 0 Å². The van der Waals surface area contributed by atoms with Gasteiger partial charge in [0.2, 0.25) is 0 Å². The van der Waals surface area contributed by atoms with Gasteiger partial charge in [-0.05, 0) is 88.6 Å². The van der Waals surface area contributed by atoms with Gasteiger partial charge in [0, 0.05) is 16.7 Å². The number of aromatic nitrogens is 3. The summed E-state index contributed by atoms with van der Waals surface area (Å²) in [6.07, 6.45) is 19.8. The molecule has 4 nitrogen and oxygen atoms in total. The van der Waals surface area contributed by atoms with Crippen molar-refractivity contribution < 1.29 is 4.74 Å². The van der Waals surface area contributed by atoms with E-state index in [1.165, 1.54) is 16.7 Å². The molecule has 5 aromatic carbocycles. The summed E-state index contributed by atoms with van der Waals surface area (Å²) in [5.74, 6) is 3.85. The molecule has 2 aliphatic carbocycles. The fraction of sp³-hybridized carbons (Fsp3) is 0.118. The maximum atomic E-state index is 6.67. The highest BCUT2D eigenvalue weighted by Gasteiger charge is 2.35. The lowest BCUT2D eigenvalue weighted by Crippen LogP contribution is -2.11. The predicted molar refractivity (Wildman–Crippen MR) is 227 cm³/mol. The van der Waals surface area contributed by atoms with Gasteiger partial charge in [0.15, 0.2) is 17.5 Å². The van der Waals surface area contributed by atoms with E-state index in [2.05, 4.69) is 184 Å². The Balaban J connectivity index is 1.25. The van der Waals surface area contributed by atoms with Crippen LogP contribution >= 0.6 is 0 Å². The van der Waals surface area contributed by atoms with Crippen molar-refractivity contribution in [1.29, 1.82) is 0 Å². The van der Waals surface area contributed by atoms with Crippen molar-refractivity contribution in [1.82, 2.24) is 15.0 Å². The number of benzene rings is 5. The fourth-order valence-electron chi connectivity index (χ4n) is 8.02. The molecule has 1 aliphatic heterocycles. The summed E-state index contributed by atoms with van der Waals surface area (Å²) in [5, 5.41) is 2.23. The van der Waals surface area contributed by atoms with Crippen molar-refractivity contribution in [3.63, 3.8) is 0 Å². The van der Waals surface area contributed by atoms with Crippen molar-refractivity contribution in [3.8, 4) is 33.6 Å². The van der Waals surface area contributed by atoms with Gasteiger partial charge in [0.1, 0.15) is 11.5 Å². The summed E-state index contributed by atoms with van der Waals surface area (Å²) in [6.45, 7) is 4.23. The molecular formula is C51H41N3O. The Bertz CT molecular complexity index is 2660. The zero-order valence-corrected chi connectivity index (χ0v) is 31.1. The normalized spacial score (nSPS) is 16.7. The largest absolute Gasteiger partial charge is 0.460 e. The Hall–Kier alpha value is -6.65. The predicted octanol–water partition coefficient (Wildman–Crippen LogP) is 13.0. The van der Waals surface area contributed by atoms with Gasteiger partial charge in [-0.3, -0.25) is 0 Å². The second-order valence-corrected chi connectivity index (χ2v) is 14.0. The molecule has 266 valence electrons. The molecule has 3 aliphatic rings. The molecule has 0 radical (unpaired) electrons. The maximum absolute atomic E-state index is 6.67. The number of hydrogen-bond donors (Lipinski definition) is 0. The lowest BCUT2D eigenvalue weighted by molar-refractivity contribution is 0.319. The number of nitrogens with zero attached hydrogens (tertiary/aromatic N) is 3. The lowest BCUT2D eigenvalue weighted by atomic mass is 9.88. The van der Waals surface area contributed by atoms with Gasteiger partial charge in [-0.25, -0.2) is 15.0 Å². The first-order chi connectivity index (χ1) is 27.2. The summed E-state index contributed by atoms with van der Waals surface area (Å²) in [7, 11) is 0. The van der Waals surface area contributed by atoms with Crippen LogP contribution < -0.4 is 0 Å². The number of fused-ring (bicyclic) bond motifs is 3. The van der Waals surface area contributed by atoms with Crippen molar-refractivity contribution in [2.45, 2.75) is 33.1 Å². The topological polar surface area (TPSA) is 47.9 Å². The molecule has 9 rings (SSSR count). The summed E-state index contributed by atoms with van der Waals surface area (Å²) in [5.41, 5.74) is 11.1. The Labute approximate surface area is 323 Å². The number of rotatable bonds is 8. The van der Waals surface area contributed by atoms with Gasteiger partial charge in [0.25, 0.3) is 0 Å². The van der Waals surface area contributed by atoms with E-state index < -0.39 is 0 Å². The second-order valence-electron chi connectivity index (χ2n) is 14.0. The number of ether oxygens (including phenoxy) is 1. The molecule has 4 heteroatoms. The van der Waals surface area contributed by atoms with E-state index in [0.717, 1.165) is 80.5 Å². The Kier molecular flexibility index (Phi) is 9.31. The molecule has 0 bridgehead atoms. The molecular weight excluding hydrogens is 671 g/mol. The number of allylic oxidation sites excluding steroid dienone is 12. The van der Waals surface area contributed by atoms with Crippen LogP contribution in [0.1, 0.15) is 50.3 Å². The highest BCUT2D eigenvalue weighted by atomic mass is 16.5.